The summed E-state index contributed by atoms with van der Waals surface area (Å²) in [6.45, 7) is 3.16. The topological polar surface area (TPSA) is 68.3 Å². The van der Waals surface area contributed by atoms with Crippen LogP contribution in [0.25, 0.3) is 0 Å². The van der Waals surface area contributed by atoms with Gasteiger partial charge in [0.25, 0.3) is 0 Å². The molecule has 1 aromatic rings. The van der Waals surface area contributed by atoms with Crippen LogP contribution in [0.1, 0.15) is 32.1 Å². The van der Waals surface area contributed by atoms with Crippen LogP contribution in [-0.4, -0.2) is 68.1 Å². The summed E-state index contributed by atoms with van der Waals surface area (Å²) >= 11 is 0. The Kier molecular flexibility index (Phi) is 6.55. The molecule has 1 atom stereocenters. The van der Waals surface area contributed by atoms with Gasteiger partial charge in [-0.05, 0) is 50.9 Å². The largest absolute Gasteiger partial charge is 0.493 e. The third-order valence-corrected chi connectivity index (χ3v) is 5.27. The van der Waals surface area contributed by atoms with E-state index in [0.29, 0.717) is 11.5 Å². The van der Waals surface area contributed by atoms with Crippen LogP contribution >= 0.6 is 0 Å². The van der Waals surface area contributed by atoms with Crippen molar-refractivity contribution in [3.63, 3.8) is 0 Å². The smallest absolute Gasteiger partial charge is 0.329 e. The molecule has 148 valence electrons. The van der Waals surface area contributed by atoms with Gasteiger partial charge in [0.2, 0.25) is 11.7 Å². The number of hydrogen-bond donors (Lipinski definition) is 0. The van der Waals surface area contributed by atoms with Crippen LogP contribution in [0, 0.1) is 0 Å². The van der Waals surface area contributed by atoms with Crippen LogP contribution in [-0.2, 0) is 9.59 Å². The number of methoxy groups -OCH3 is 2. The Hall–Kier alpha value is -2.28. The summed E-state index contributed by atoms with van der Waals surface area (Å²) in [6.07, 6.45) is 4.27. The number of ether oxygens (including phenoxy) is 3. The highest BCUT2D eigenvalue weighted by Gasteiger charge is 2.34. The van der Waals surface area contributed by atoms with Crippen molar-refractivity contribution in [2.24, 2.45) is 0 Å². The number of para-hydroxylation sites is 1. The summed E-state index contributed by atoms with van der Waals surface area (Å²) in [5.74, 6) is 0.688. The molecule has 0 N–H and O–H groups in total. The summed E-state index contributed by atoms with van der Waals surface area (Å²) in [5, 5.41) is 0. The first-order valence-electron chi connectivity index (χ1n) is 9.58. The average Bonchev–Trinajstić information content (AvgIpc) is 3.39. The Labute approximate surface area is 160 Å². The lowest BCUT2D eigenvalue weighted by Gasteiger charge is -2.27. The zero-order valence-corrected chi connectivity index (χ0v) is 16.1. The fourth-order valence-electron chi connectivity index (χ4n) is 3.76. The summed E-state index contributed by atoms with van der Waals surface area (Å²) in [4.78, 5) is 29.6. The van der Waals surface area contributed by atoms with Gasteiger partial charge in [0, 0.05) is 13.1 Å². The van der Waals surface area contributed by atoms with Gasteiger partial charge in [-0.2, -0.15) is 0 Å². The van der Waals surface area contributed by atoms with Crippen molar-refractivity contribution in [3.05, 3.63) is 18.2 Å². The van der Waals surface area contributed by atoms with Crippen LogP contribution in [0.4, 0.5) is 0 Å². The Morgan fingerprint density at radius 2 is 1.52 bits per heavy atom. The molecular weight excluding hydrogens is 348 g/mol. The number of nitrogens with zero attached hydrogens (tertiary/aromatic N) is 2. The SMILES string of the molecule is COc1cccc(OC)c1OC(=O)C(CC(=O)N1CCCC1)N1CCCC1. The fourth-order valence-corrected chi connectivity index (χ4v) is 3.76. The van der Waals surface area contributed by atoms with E-state index < -0.39 is 12.0 Å². The molecule has 2 aliphatic heterocycles. The lowest BCUT2D eigenvalue weighted by molar-refractivity contribution is -0.144. The number of carbonyl (C=O) groups excluding carboxylic acids is 2. The molecule has 0 saturated carbocycles. The van der Waals surface area contributed by atoms with Crippen LogP contribution < -0.4 is 14.2 Å². The fraction of sp³-hybridized carbons (Fsp3) is 0.600. The molecule has 2 aliphatic rings. The third kappa shape index (κ3) is 4.53. The van der Waals surface area contributed by atoms with Crippen molar-refractivity contribution >= 4 is 11.9 Å². The van der Waals surface area contributed by atoms with Gasteiger partial charge >= 0.3 is 5.97 Å². The Bertz CT molecular complexity index is 644. The van der Waals surface area contributed by atoms with E-state index >= 15 is 0 Å². The van der Waals surface area contributed by atoms with E-state index in [0.717, 1.165) is 51.9 Å². The number of likely N-dealkylation sites (tertiary alicyclic amines) is 2. The monoisotopic (exact) mass is 376 g/mol. The Morgan fingerprint density at radius 1 is 0.963 bits per heavy atom. The maximum atomic E-state index is 13.0. The first-order valence-corrected chi connectivity index (χ1v) is 9.58. The van der Waals surface area contributed by atoms with Crippen molar-refractivity contribution in [2.45, 2.75) is 38.1 Å². The molecule has 7 nitrogen and oxygen atoms in total. The molecular formula is C20H28N2O5. The number of hydrogen-bond acceptors (Lipinski definition) is 6. The number of benzene rings is 1. The van der Waals surface area contributed by atoms with E-state index in [1.165, 1.54) is 14.2 Å². The van der Waals surface area contributed by atoms with E-state index in [1.54, 1.807) is 18.2 Å². The number of esters is 1. The minimum absolute atomic E-state index is 0.0216. The molecule has 2 saturated heterocycles. The highest BCUT2D eigenvalue weighted by molar-refractivity contribution is 5.87. The average molecular weight is 376 g/mol. The second kappa shape index (κ2) is 9.08. The van der Waals surface area contributed by atoms with Gasteiger partial charge in [-0.3, -0.25) is 9.69 Å². The summed E-state index contributed by atoms with van der Waals surface area (Å²) in [7, 11) is 3.03. The molecule has 0 aliphatic carbocycles. The zero-order chi connectivity index (χ0) is 19.2. The van der Waals surface area contributed by atoms with Gasteiger partial charge in [0.15, 0.2) is 11.5 Å². The first-order chi connectivity index (χ1) is 13.1. The van der Waals surface area contributed by atoms with Gasteiger partial charge < -0.3 is 19.1 Å². The number of rotatable bonds is 7. The van der Waals surface area contributed by atoms with Crippen LogP contribution in [0.15, 0.2) is 18.2 Å². The third-order valence-electron chi connectivity index (χ3n) is 5.27. The zero-order valence-electron chi connectivity index (χ0n) is 16.1. The summed E-state index contributed by atoms with van der Waals surface area (Å²) in [5.41, 5.74) is 0. The van der Waals surface area contributed by atoms with Crippen molar-refractivity contribution in [1.29, 1.82) is 0 Å². The quantitative estimate of drug-likeness (QED) is 0.536. The predicted molar refractivity (Wildman–Crippen MR) is 100 cm³/mol. The molecule has 2 heterocycles. The van der Waals surface area contributed by atoms with Crippen molar-refractivity contribution in [1.82, 2.24) is 9.80 Å². The lowest BCUT2D eigenvalue weighted by atomic mass is 10.1. The molecule has 0 aromatic heterocycles. The molecule has 3 rings (SSSR count). The van der Waals surface area contributed by atoms with E-state index in [9.17, 15) is 9.59 Å². The molecule has 0 bridgehead atoms. The molecule has 7 heteroatoms. The van der Waals surface area contributed by atoms with Crippen LogP contribution in [0.3, 0.4) is 0 Å². The van der Waals surface area contributed by atoms with E-state index in [1.807, 2.05) is 4.90 Å². The Morgan fingerprint density at radius 3 is 2.07 bits per heavy atom. The van der Waals surface area contributed by atoms with E-state index in [2.05, 4.69) is 4.90 Å². The molecule has 1 unspecified atom stereocenters. The molecule has 1 aromatic carbocycles. The van der Waals surface area contributed by atoms with Crippen molar-refractivity contribution in [3.8, 4) is 17.2 Å². The van der Waals surface area contributed by atoms with Crippen molar-refractivity contribution < 1.29 is 23.8 Å². The molecule has 2 fully saturated rings. The summed E-state index contributed by atoms with van der Waals surface area (Å²) < 4.78 is 16.3. The highest BCUT2D eigenvalue weighted by Crippen LogP contribution is 2.37. The van der Waals surface area contributed by atoms with Crippen LogP contribution in [0.2, 0.25) is 0 Å². The molecule has 0 spiro atoms. The number of amides is 1. The normalized spacial score (nSPS) is 18.4. The van der Waals surface area contributed by atoms with Gasteiger partial charge in [-0.25, -0.2) is 4.79 Å². The standard InChI is InChI=1S/C20H28N2O5/c1-25-16-8-7-9-17(26-2)19(16)27-20(24)15(21-10-3-4-11-21)14-18(23)22-12-5-6-13-22/h7-9,15H,3-6,10-14H2,1-2H3. The minimum Gasteiger partial charge on any atom is -0.493 e. The minimum atomic E-state index is -0.588. The Balaban J connectivity index is 1.77. The second-order valence-corrected chi connectivity index (χ2v) is 6.96. The molecule has 0 radical (unpaired) electrons. The summed E-state index contributed by atoms with van der Waals surface area (Å²) in [6, 6.07) is 4.61. The number of carbonyl (C=O) groups is 2. The maximum absolute atomic E-state index is 13.0. The highest BCUT2D eigenvalue weighted by atomic mass is 16.6. The van der Waals surface area contributed by atoms with Gasteiger partial charge in [0.05, 0.1) is 20.6 Å². The molecule has 27 heavy (non-hydrogen) atoms. The maximum Gasteiger partial charge on any atom is 0.329 e. The van der Waals surface area contributed by atoms with E-state index in [4.69, 9.17) is 14.2 Å². The van der Waals surface area contributed by atoms with Gasteiger partial charge in [-0.1, -0.05) is 6.07 Å². The van der Waals surface area contributed by atoms with Gasteiger partial charge in [-0.15, -0.1) is 0 Å². The van der Waals surface area contributed by atoms with Gasteiger partial charge in [0.1, 0.15) is 6.04 Å². The predicted octanol–water partition coefficient (Wildman–Crippen LogP) is 2.09. The van der Waals surface area contributed by atoms with Crippen LogP contribution in [0.5, 0.6) is 17.2 Å². The molecule has 1 amide bonds. The van der Waals surface area contributed by atoms with Crippen molar-refractivity contribution in [2.75, 3.05) is 40.4 Å². The lowest BCUT2D eigenvalue weighted by Crippen LogP contribution is -2.45. The first kappa shape index (κ1) is 19.5. The van der Waals surface area contributed by atoms with E-state index in [-0.39, 0.29) is 18.1 Å². The second-order valence-electron chi connectivity index (χ2n) is 6.96.